The van der Waals surface area contributed by atoms with Crippen LogP contribution in [0.15, 0.2) is 0 Å². The Labute approximate surface area is 131 Å². The van der Waals surface area contributed by atoms with E-state index in [-0.39, 0.29) is 0 Å². The van der Waals surface area contributed by atoms with Gasteiger partial charge in [-0.15, -0.1) is 0 Å². The first-order chi connectivity index (χ1) is 8.24. The molecule has 0 N–H and O–H groups in total. The van der Waals surface area contributed by atoms with Gasteiger partial charge in [0.25, 0.3) is 0 Å². The molecule has 0 aromatic carbocycles. The van der Waals surface area contributed by atoms with E-state index in [1.807, 2.05) is 28.4 Å². The zero-order valence-electron chi connectivity index (χ0n) is 11.2. The van der Waals surface area contributed by atoms with Gasteiger partial charge in [-0.05, 0) is 0 Å². The monoisotopic (exact) mass is 654 g/mol. The van der Waals surface area contributed by atoms with E-state index in [0.717, 1.165) is 12.1 Å². The van der Waals surface area contributed by atoms with Crippen LogP contribution < -0.4 is 0 Å². The molecule has 0 aliphatic carbocycles. The van der Waals surface area contributed by atoms with E-state index in [0.29, 0.717) is 0 Å². The molecule has 0 spiro atoms. The Kier molecular flexibility index (Phi) is 14.3. The molecule has 104 valence electrons. The molecule has 0 saturated carbocycles. The second-order valence-electron chi connectivity index (χ2n) is 3.50. The van der Waals surface area contributed by atoms with Crippen LogP contribution in [0.1, 0.15) is 12.8 Å². The molecule has 0 rings (SSSR count). The molecule has 0 atom stereocenters. The molecule has 0 radical (unpaired) electrons. The fraction of sp³-hybridized carbons (Fsp3) is 1.00. The van der Waals surface area contributed by atoms with Gasteiger partial charge in [0.15, 0.2) is 0 Å². The third-order valence-electron chi connectivity index (χ3n) is 2.55. The average molecular weight is 654 g/mol. The summed E-state index contributed by atoms with van der Waals surface area (Å²) in [5.41, 5.74) is 0. The van der Waals surface area contributed by atoms with Crippen molar-refractivity contribution < 1.29 is 14.4 Å². The van der Waals surface area contributed by atoms with Gasteiger partial charge in [-0.25, -0.2) is 0 Å². The second-order valence-corrected chi connectivity index (χ2v) is 14.7. The second kappa shape index (κ2) is 12.9. The standard InChI is InChI=1S/C8H18O2Si.2CH3O.2Po/c1-5-7-11(9-3,10-4)8-6-2;2*1-2;;/h1-2,5-8H2,3-4H3;2*1H3;;/q;2*-1;2*+1. The van der Waals surface area contributed by atoms with Crippen molar-refractivity contribution in [2.45, 2.75) is 33.1 Å². The molecular weight excluding hydrogens is 630 g/mol. The molecule has 0 amide bonds. The van der Waals surface area contributed by atoms with Crippen molar-refractivity contribution in [3.8, 4) is 0 Å². The van der Waals surface area contributed by atoms with E-state index in [9.17, 15) is 0 Å². The molecular formula is C10H24O4Po2Si. The van der Waals surface area contributed by atoms with Crippen LogP contribution in [0.2, 0.25) is 20.2 Å². The Morgan fingerprint density at radius 1 is 0.765 bits per heavy atom. The van der Waals surface area contributed by atoms with Crippen LogP contribution in [0, 0.1) is 0 Å². The van der Waals surface area contributed by atoms with E-state index in [4.69, 9.17) is 14.4 Å². The van der Waals surface area contributed by atoms with Crippen molar-refractivity contribution >= 4 is 56.6 Å². The van der Waals surface area contributed by atoms with Crippen LogP contribution in [0.25, 0.3) is 0 Å². The van der Waals surface area contributed by atoms with Crippen molar-refractivity contribution in [2.75, 3.05) is 28.4 Å². The Bertz CT molecular complexity index is 156. The van der Waals surface area contributed by atoms with E-state index in [2.05, 4.69) is 0 Å². The van der Waals surface area contributed by atoms with Crippen molar-refractivity contribution in [1.82, 2.24) is 0 Å². The molecule has 0 aromatic heterocycles. The van der Waals surface area contributed by atoms with Crippen molar-refractivity contribution in [3.63, 3.8) is 0 Å². The molecule has 0 aliphatic heterocycles. The molecule has 0 aromatic rings. The Balaban J connectivity index is 3.88. The van der Waals surface area contributed by atoms with E-state index in [1.165, 1.54) is 21.0 Å². The van der Waals surface area contributed by atoms with E-state index >= 15 is 0 Å². The first-order valence-electron chi connectivity index (χ1n) is 5.66. The molecule has 0 aliphatic rings. The molecule has 0 heterocycles. The molecule has 0 saturated heterocycles. The fourth-order valence-corrected chi connectivity index (χ4v) is 9.76. The molecule has 0 bridgehead atoms. The van der Waals surface area contributed by atoms with Gasteiger partial charge in [-0.1, -0.05) is 0 Å². The van der Waals surface area contributed by atoms with E-state index in [1.54, 1.807) is 0 Å². The fourth-order valence-electron chi connectivity index (χ4n) is 1.58. The summed E-state index contributed by atoms with van der Waals surface area (Å²) in [6.07, 6.45) is 2.41. The van der Waals surface area contributed by atoms with Gasteiger partial charge in [0.05, 0.1) is 0 Å². The Morgan fingerprint density at radius 3 is 1.47 bits per heavy atom. The molecule has 0 unspecified atom stereocenters. The topological polar surface area (TPSA) is 36.9 Å². The summed E-state index contributed by atoms with van der Waals surface area (Å²) < 4.78 is 24.4. The molecule has 0 fully saturated rings. The summed E-state index contributed by atoms with van der Waals surface area (Å²) in [4.78, 5) is 0. The van der Waals surface area contributed by atoms with Gasteiger partial charge < -0.3 is 0 Å². The number of rotatable bonds is 12. The predicted octanol–water partition coefficient (Wildman–Crippen LogP) is 1.87. The van der Waals surface area contributed by atoms with Crippen LogP contribution >= 0.6 is 0 Å². The summed E-state index contributed by atoms with van der Waals surface area (Å²) >= 11 is -1.03. The van der Waals surface area contributed by atoms with Gasteiger partial charge in [-0.3, -0.25) is 0 Å². The van der Waals surface area contributed by atoms with Crippen LogP contribution in [0.5, 0.6) is 0 Å². The normalized spacial score (nSPS) is 12.0. The minimum absolute atomic E-state index is 0.514. The van der Waals surface area contributed by atoms with Crippen molar-refractivity contribution in [3.05, 3.63) is 0 Å². The minimum atomic E-state index is -1.90. The zero-order valence-corrected chi connectivity index (χ0v) is 18.5. The summed E-state index contributed by atoms with van der Waals surface area (Å²) in [5.74, 6) is 0. The summed E-state index contributed by atoms with van der Waals surface area (Å²) in [6, 6.07) is 2.22. The van der Waals surface area contributed by atoms with Gasteiger partial charge in [-0.2, -0.15) is 0 Å². The quantitative estimate of drug-likeness (QED) is 0.238. The SMILES string of the molecule is C[O][Po][CH2]CC[Si](CC[CH2][Po][O]C)(OC)OC. The van der Waals surface area contributed by atoms with Gasteiger partial charge in [0.2, 0.25) is 0 Å². The molecule has 17 heavy (non-hydrogen) atoms. The predicted molar refractivity (Wildman–Crippen MR) is 73.8 cm³/mol. The molecule has 7 heteroatoms. The number of hydrogen-bond donors (Lipinski definition) is 0. The third-order valence-corrected chi connectivity index (χ3v) is 11.6. The van der Waals surface area contributed by atoms with Crippen LogP contribution in [0.3, 0.4) is 0 Å². The maximum absolute atomic E-state index is 5.72. The van der Waals surface area contributed by atoms with Crippen LogP contribution in [-0.2, 0) is 14.4 Å². The van der Waals surface area contributed by atoms with Gasteiger partial charge in [0.1, 0.15) is 0 Å². The molecule has 4 nitrogen and oxygen atoms in total. The Hall–Kier alpha value is 1.85. The van der Waals surface area contributed by atoms with Crippen LogP contribution in [0.4, 0.5) is 0 Å². The third kappa shape index (κ3) is 9.39. The maximum atomic E-state index is 5.72. The average Bonchev–Trinajstić information content (AvgIpc) is 2.37. The van der Waals surface area contributed by atoms with Crippen molar-refractivity contribution in [2.24, 2.45) is 0 Å². The van der Waals surface area contributed by atoms with E-state index < -0.39 is 56.6 Å². The summed E-state index contributed by atoms with van der Waals surface area (Å²) in [7, 11) is 5.35. The Morgan fingerprint density at radius 2 is 1.18 bits per heavy atom. The summed E-state index contributed by atoms with van der Waals surface area (Å²) in [6.45, 7) is 0. The summed E-state index contributed by atoms with van der Waals surface area (Å²) in [5, 5.41) is 0. The first-order valence-corrected chi connectivity index (χ1v) is 15.0. The zero-order chi connectivity index (χ0) is 13.0. The van der Waals surface area contributed by atoms with Gasteiger partial charge >= 0.3 is 133 Å². The first kappa shape index (κ1) is 18.8. The van der Waals surface area contributed by atoms with Crippen molar-refractivity contribution in [1.29, 1.82) is 0 Å². The number of hydrogen-bond acceptors (Lipinski definition) is 4. The van der Waals surface area contributed by atoms with Crippen LogP contribution in [-0.4, -0.2) is 85.0 Å². The van der Waals surface area contributed by atoms with Gasteiger partial charge in [0, 0.05) is 0 Å².